The van der Waals surface area contributed by atoms with Crippen molar-refractivity contribution in [2.75, 3.05) is 31.1 Å². The van der Waals surface area contributed by atoms with Crippen molar-refractivity contribution in [2.24, 2.45) is 5.92 Å². The van der Waals surface area contributed by atoms with Crippen LogP contribution in [0.15, 0.2) is 24.3 Å². The highest BCUT2D eigenvalue weighted by Gasteiger charge is 2.34. The summed E-state index contributed by atoms with van der Waals surface area (Å²) in [6, 6.07) is 7.79. The number of carbonyl (C=O) groups excluding carboxylic acids is 1. The van der Waals surface area contributed by atoms with Gasteiger partial charge in [-0.15, -0.1) is 0 Å². The zero-order chi connectivity index (χ0) is 14.7. The first-order valence-corrected chi connectivity index (χ1v) is 6.84. The van der Waals surface area contributed by atoms with Crippen molar-refractivity contribution in [2.45, 2.75) is 13.8 Å². The van der Waals surface area contributed by atoms with Crippen molar-refractivity contribution in [3.8, 4) is 0 Å². The van der Waals surface area contributed by atoms with Crippen LogP contribution in [0.3, 0.4) is 0 Å². The molecular formula is C15H20N2O3. The molecule has 20 heavy (non-hydrogen) atoms. The molecule has 5 nitrogen and oxygen atoms in total. The molecule has 1 saturated heterocycles. The number of likely N-dealkylation sites (N-methyl/N-ethyl adjacent to an activating group) is 1. The van der Waals surface area contributed by atoms with Crippen molar-refractivity contribution in [3.05, 3.63) is 29.8 Å². The third kappa shape index (κ3) is 2.99. The zero-order valence-corrected chi connectivity index (χ0v) is 11.9. The first-order valence-electron chi connectivity index (χ1n) is 6.84. The standard InChI is InChI=1S/C15H20N2O3/c1-3-17(13-7-5-4-6-11(13)2)14(18)10-16-8-12(9-16)15(19)20/h4-7,12H,3,8-10H2,1-2H3,(H,19,20). The molecular weight excluding hydrogens is 256 g/mol. The second-order valence-electron chi connectivity index (χ2n) is 5.15. The Hall–Kier alpha value is -1.88. The minimum atomic E-state index is -0.778. The lowest BCUT2D eigenvalue weighted by molar-refractivity contribution is -0.148. The van der Waals surface area contributed by atoms with Crippen LogP contribution in [0.4, 0.5) is 5.69 Å². The lowest BCUT2D eigenvalue weighted by Crippen LogP contribution is -2.54. The van der Waals surface area contributed by atoms with Crippen LogP contribution in [0.1, 0.15) is 12.5 Å². The molecule has 0 spiro atoms. The summed E-state index contributed by atoms with van der Waals surface area (Å²) >= 11 is 0. The largest absolute Gasteiger partial charge is 0.481 e. The van der Waals surface area contributed by atoms with Gasteiger partial charge in [0.05, 0.1) is 12.5 Å². The lowest BCUT2D eigenvalue weighted by Gasteiger charge is -2.37. The smallest absolute Gasteiger partial charge is 0.309 e. The molecule has 0 atom stereocenters. The van der Waals surface area contributed by atoms with Crippen LogP contribution < -0.4 is 4.90 Å². The number of hydrogen-bond donors (Lipinski definition) is 1. The number of anilines is 1. The summed E-state index contributed by atoms with van der Waals surface area (Å²) in [5, 5.41) is 8.83. The van der Waals surface area contributed by atoms with E-state index >= 15 is 0 Å². The third-order valence-corrected chi connectivity index (χ3v) is 3.69. The van der Waals surface area contributed by atoms with E-state index in [4.69, 9.17) is 5.11 Å². The van der Waals surface area contributed by atoms with E-state index in [1.807, 2.05) is 43.0 Å². The van der Waals surface area contributed by atoms with E-state index in [-0.39, 0.29) is 18.4 Å². The Labute approximate surface area is 118 Å². The number of likely N-dealkylation sites (tertiary alicyclic amines) is 1. The Balaban J connectivity index is 1.97. The van der Waals surface area contributed by atoms with Gasteiger partial charge in [-0.2, -0.15) is 0 Å². The molecule has 0 radical (unpaired) electrons. The second-order valence-corrected chi connectivity index (χ2v) is 5.15. The summed E-state index contributed by atoms with van der Waals surface area (Å²) in [6.07, 6.45) is 0. The maximum atomic E-state index is 12.3. The van der Waals surface area contributed by atoms with Gasteiger partial charge in [0.25, 0.3) is 0 Å². The Bertz CT molecular complexity index is 510. The second kappa shape index (κ2) is 6.05. The fourth-order valence-electron chi connectivity index (χ4n) is 2.48. The van der Waals surface area contributed by atoms with Crippen LogP contribution in [0.2, 0.25) is 0 Å². The minimum Gasteiger partial charge on any atom is -0.481 e. The number of rotatable bonds is 5. The number of carboxylic acids is 1. The van der Waals surface area contributed by atoms with Gasteiger partial charge in [0.15, 0.2) is 0 Å². The summed E-state index contributed by atoms with van der Waals surface area (Å²) < 4.78 is 0. The van der Waals surface area contributed by atoms with Gasteiger partial charge in [0.1, 0.15) is 0 Å². The molecule has 5 heteroatoms. The summed E-state index contributed by atoms with van der Waals surface area (Å²) in [7, 11) is 0. The van der Waals surface area contributed by atoms with Gasteiger partial charge >= 0.3 is 5.97 Å². The van der Waals surface area contributed by atoms with Gasteiger partial charge in [0, 0.05) is 25.3 Å². The first kappa shape index (κ1) is 14.5. The molecule has 0 aromatic heterocycles. The van der Waals surface area contributed by atoms with Gasteiger partial charge in [-0.3, -0.25) is 14.5 Å². The van der Waals surface area contributed by atoms with Gasteiger partial charge in [-0.1, -0.05) is 18.2 Å². The molecule has 0 unspecified atom stereocenters. The van der Waals surface area contributed by atoms with E-state index in [1.54, 1.807) is 4.90 Å². The number of carbonyl (C=O) groups is 2. The molecule has 108 valence electrons. The highest BCUT2D eigenvalue weighted by molar-refractivity contribution is 5.95. The number of carboxylic acid groups (broad SMARTS) is 1. The van der Waals surface area contributed by atoms with Crippen LogP contribution >= 0.6 is 0 Å². The number of aryl methyl sites for hydroxylation is 1. The maximum Gasteiger partial charge on any atom is 0.309 e. The highest BCUT2D eigenvalue weighted by Crippen LogP contribution is 2.21. The Morgan fingerprint density at radius 3 is 2.55 bits per heavy atom. The van der Waals surface area contributed by atoms with Gasteiger partial charge in [-0.05, 0) is 25.5 Å². The molecule has 1 aliphatic heterocycles. The molecule has 1 N–H and O–H groups in total. The van der Waals surface area contributed by atoms with Crippen molar-refractivity contribution in [1.82, 2.24) is 4.90 Å². The van der Waals surface area contributed by atoms with Crippen molar-refractivity contribution >= 4 is 17.6 Å². The van der Waals surface area contributed by atoms with Gasteiger partial charge < -0.3 is 10.0 Å². The third-order valence-electron chi connectivity index (χ3n) is 3.69. The van der Waals surface area contributed by atoms with E-state index in [2.05, 4.69) is 0 Å². The number of amides is 1. The van der Waals surface area contributed by atoms with E-state index in [0.29, 0.717) is 19.6 Å². The highest BCUT2D eigenvalue weighted by atomic mass is 16.4. The van der Waals surface area contributed by atoms with E-state index in [1.165, 1.54) is 0 Å². The average molecular weight is 276 g/mol. The fraction of sp³-hybridized carbons (Fsp3) is 0.467. The molecule has 0 saturated carbocycles. The van der Waals surface area contributed by atoms with Crippen molar-refractivity contribution < 1.29 is 14.7 Å². The van der Waals surface area contributed by atoms with Crippen LogP contribution in [-0.4, -0.2) is 48.1 Å². The van der Waals surface area contributed by atoms with E-state index in [0.717, 1.165) is 11.3 Å². The van der Waals surface area contributed by atoms with Crippen LogP contribution in [0.5, 0.6) is 0 Å². The molecule has 1 aromatic carbocycles. The summed E-state index contributed by atoms with van der Waals surface area (Å²) in [4.78, 5) is 26.7. The zero-order valence-electron chi connectivity index (χ0n) is 11.9. The predicted octanol–water partition coefficient (Wildman–Crippen LogP) is 1.36. The molecule has 2 rings (SSSR count). The quantitative estimate of drug-likeness (QED) is 0.882. The molecule has 1 heterocycles. The van der Waals surface area contributed by atoms with Crippen LogP contribution in [0.25, 0.3) is 0 Å². The van der Waals surface area contributed by atoms with Gasteiger partial charge in [-0.25, -0.2) is 0 Å². The number of nitrogens with zero attached hydrogens (tertiary/aromatic N) is 2. The summed E-state index contributed by atoms with van der Waals surface area (Å²) in [5.41, 5.74) is 1.99. The molecule has 1 amide bonds. The first-order chi connectivity index (χ1) is 9.52. The number of benzene rings is 1. The fourth-order valence-corrected chi connectivity index (χ4v) is 2.48. The molecule has 0 bridgehead atoms. The minimum absolute atomic E-state index is 0.0191. The Kier molecular flexibility index (Phi) is 4.39. The Morgan fingerprint density at radius 2 is 2.00 bits per heavy atom. The SMILES string of the molecule is CCN(C(=O)CN1CC(C(=O)O)C1)c1ccccc1C. The summed E-state index contributed by atoms with van der Waals surface area (Å²) in [6.45, 7) is 5.75. The monoisotopic (exact) mass is 276 g/mol. The molecule has 1 fully saturated rings. The normalized spacial score (nSPS) is 15.7. The topological polar surface area (TPSA) is 60.9 Å². The average Bonchev–Trinajstić information content (AvgIpc) is 2.36. The van der Waals surface area contributed by atoms with E-state index < -0.39 is 5.97 Å². The lowest BCUT2D eigenvalue weighted by atomic mass is 10.0. The number of hydrogen-bond acceptors (Lipinski definition) is 3. The number of para-hydroxylation sites is 1. The van der Waals surface area contributed by atoms with Crippen LogP contribution in [0, 0.1) is 12.8 Å². The van der Waals surface area contributed by atoms with E-state index in [9.17, 15) is 9.59 Å². The van der Waals surface area contributed by atoms with Gasteiger partial charge in [0.2, 0.25) is 5.91 Å². The molecule has 0 aliphatic carbocycles. The van der Waals surface area contributed by atoms with Crippen molar-refractivity contribution in [1.29, 1.82) is 0 Å². The maximum absolute atomic E-state index is 12.3. The Morgan fingerprint density at radius 1 is 1.35 bits per heavy atom. The van der Waals surface area contributed by atoms with Crippen LogP contribution in [-0.2, 0) is 9.59 Å². The summed E-state index contributed by atoms with van der Waals surface area (Å²) in [5.74, 6) is -1.08. The predicted molar refractivity (Wildman–Crippen MR) is 76.8 cm³/mol. The van der Waals surface area contributed by atoms with Crippen molar-refractivity contribution in [3.63, 3.8) is 0 Å². The molecule has 1 aromatic rings. The number of aliphatic carboxylic acids is 1. The molecule has 1 aliphatic rings.